The molecular formula is C13H14N2O. The molecule has 3 heteroatoms. The van der Waals surface area contributed by atoms with E-state index in [2.05, 4.69) is 23.8 Å². The lowest BCUT2D eigenvalue weighted by Crippen LogP contribution is -2.01. The van der Waals surface area contributed by atoms with Gasteiger partial charge in [-0.25, -0.2) is 0 Å². The maximum atomic E-state index is 5.32. The highest BCUT2D eigenvalue weighted by Gasteiger charge is 1.99. The quantitative estimate of drug-likeness (QED) is 0.715. The van der Waals surface area contributed by atoms with Crippen molar-refractivity contribution in [2.24, 2.45) is 0 Å². The summed E-state index contributed by atoms with van der Waals surface area (Å²) >= 11 is 0. The molecule has 0 atom stereocenters. The second-order valence-electron chi connectivity index (χ2n) is 3.44. The van der Waals surface area contributed by atoms with Crippen LogP contribution in [-0.4, -0.2) is 16.4 Å². The van der Waals surface area contributed by atoms with Crippen LogP contribution in [0, 0.1) is 0 Å². The van der Waals surface area contributed by atoms with Crippen LogP contribution < -0.4 is 4.74 Å². The summed E-state index contributed by atoms with van der Waals surface area (Å²) < 4.78 is 7.18. The van der Waals surface area contributed by atoms with E-state index >= 15 is 0 Å². The van der Waals surface area contributed by atoms with Gasteiger partial charge in [-0.05, 0) is 5.56 Å². The third-order valence-corrected chi connectivity index (χ3v) is 2.15. The lowest BCUT2D eigenvalue weighted by Gasteiger charge is -2.01. The Kier molecular flexibility index (Phi) is 3.38. The number of hydrogen-bond acceptors (Lipinski definition) is 2. The van der Waals surface area contributed by atoms with Crippen LogP contribution in [0.5, 0.6) is 5.88 Å². The fourth-order valence-electron chi connectivity index (χ4n) is 1.42. The fourth-order valence-corrected chi connectivity index (χ4v) is 1.42. The molecule has 0 aliphatic rings. The summed E-state index contributed by atoms with van der Waals surface area (Å²) in [4.78, 5) is 0. The molecule has 0 amide bonds. The van der Waals surface area contributed by atoms with Crippen molar-refractivity contribution in [3.05, 3.63) is 60.8 Å². The Morgan fingerprint density at radius 3 is 2.81 bits per heavy atom. The first-order valence-electron chi connectivity index (χ1n) is 5.19. The molecule has 16 heavy (non-hydrogen) atoms. The minimum atomic E-state index is 0.488. The Labute approximate surface area is 95.0 Å². The predicted octanol–water partition coefficient (Wildman–Crippen LogP) is 2.50. The largest absolute Gasteiger partial charge is 0.472 e. The average molecular weight is 214 g/mol. The normalized spacial score (nSPS) is 10.0. The topological polar surface area (TPSA) is 27.1 Å². The monoisotopic (exact) mass is 214 g/mol. The third kappa shape index (κ3) is 2.73. The van der Waals surface area contributed by atoms with Crippen molar-refractivity contribution < 1.29 is 4.74 Å². The Bertz CT molecular complexity index is 448. The smallest absolute Gasteiger partial charge is 0.233 e. The summed E-state index contributed by atoms with van der Waals surface area (Å²) in [6.45, 7) is 4.84. The number of aromatic nitrogens is 2. The van der Waals surface area contributed by atoms with Gasteiger partial charge in [0, 0.05) is 12.3 Å². The molecule has 3 nitrogen and oxygen atoms in total. The van der Waals surface area contributed by atoms with Crippen LogP contribution >= 0.6 is 0 Å². The summed E-state index contributed by atoms with van der Waals surface area (Å²) in [5.74, 6) is 0.635. The molecule has 0 radical (unpaired) electrons. The van der Waals surface area contributed by atoms with Gasteiger partial charge in [0.1, 0.15) is 6.61 Å². The van der Waals surface area contributed by atoms with Crippen molar-refractivity contribution in [3.63, 3.8) is 0 Å². The first kappa shape index (κ1) is 10.5. The van der Waals surface area contributed by atoms with Crippen LogP contribution in [0.4, 0.5) is 0 Å². The van der Waals surface area contributed by atoms with Gasteiger partial charge in [-0.15, -0.1) is 5.10 Å². The van der Waals surface area contributed by atoms with Gasteiger partial charge in [-0.1, -0.05) is 43.0 Å². The summed E-state index contributed by atoms with van der Waals surface area (Å²) in [6.07, 6.45) is 3.61. The van der Waals surface area contributed by atoms with E-state index in [0.717, 1.165) is 6.54 Å². The fraction of sp³-hybridized carbons (Fsp3) is 0.154. The predicted molar refractivity (Wildman–Crippen MR) is 63.5 cm³/mol. The van der Waals surface area contributed by atoms with Crippen LogP contribution in [0.25, 0.3) is 0 Å². The van der Waals surface area contributed by atoms with Crippen molar-refractivity contribution in [3.8, 4) is 5.88 Å². The van der Waals surface area contributed by atoms with Crippen LogP contribution in [-0.2, 0) is 6.54 Å². The molecule has 0 aliphatic heterocycles. The Morgan fingerprint density at radius 1 is 1.25 bits per heavy atom. The molecule has 1 aromatic heterocycles. The molecule has 0 aliphatic carbocycles. The molecule has 0 N–H and O–H groups in total. The van der Waals surface area contributed by atoms with Crippen molar-refractivity contribution in [2.75, 3.05) is 6.61 Å². The van der Waals surface area contributed by atoms with Crippen molar-refractivity contribution in [2.45, 2.75) is 6.54 Å². The number of rotatable bonds is 5. The molecular weight excluding hydrogens is 200 g/mol. The molecule has 0 saturated carbocycles. The first-order chi connectivity index (χ1) is 7.88. The average Bonchev–Trinajstić information content (AvgIpc) is 2.75. The molecule has 2 aromatic rings. The zero-order valence-electron chi connectivity index (χ0n) is 9.04. The molecule has 0 unspecified atom stereocenters. The highest BCUT2D eigenvalue weighted by atomic mass is 16.5. The van der Waals surface area contributed by atoms with Gasteiger partial charge in [0.25, 0.3) is 0 Å². The van der Waals surface area contributed by atoms with Gasteiger partial charge in [-0.3, -0.25) is 4.68 Å². The van der Waals surface area contributed by atoms with Gasteiger partial charge < -0.3 is 4.74 Å². The van der Waals surface area contributed by atoms with E-state index in [4.69, 9.17) is 4.74 Å². The molecule has 0 saturated heterocycles. The highest BCUT2D eigenvalue weighted by molar-refractivity contribution is 5.15. The van der Waals surface area contributed by atoms with Crippen LogP contribution in [0.3, 0.4) is 0 Å². The van der Waals surface area contributed by atoms with Gasteiger partial charge in [0.15, 0.2) is 0 Å². The zero-order valence-corrected chi connectivity index (χ0v) is 9.04. The second kappa shape index (κ2) is 5.16. The van der Waals surface area contributed by atoms with E-state index in [-0.39, 0.29) is 0 Å². The SMILES string of the molecule is C=CCOc1ccn(Cc2ccccc2)n1. The third-order valence-electron chi connectivity index (χ3n) is 2.15. The summed E-state index contributed by atoms with van der Waals surface area (Å²) in [5.41, 5.74) is 1.22. The molecule has 82 valence electrons. The van der Waals surface area contributed by atoms with E-state index in [1.54, 1.807) is 6.08 Å². The van der Waals surface area contributed by atoms with Gasteiger partial charge in [0.05, 0.1) is 6.54 Å². The van der Waals surface area contributed by atoms with Crippen molar-refractivity contribution >= 4 is 0 Å². The molecule has 1 aromatic carbocycles. The van der Waals surface area contributed by atoms with Gasteiger partial charge in [0.2, 0.25) is 5.88 Å². The lowest BCUT2D eigenvalue weighted by molar-refractivity contribution is 0.343. The Balaban J connectivity index is 2.00. The highest BCUT2D eigenvalue weighted by Crippen LogP contribution is 2.08. The molecule has 0 spiro atoms. The lowest BCUT2D eigenvalue weighted by atomic mass is 10.2. The molecule has 2 rings (SSSR count). The van der Waals surface area contributed by atoms with Crippen LogP contribution in [0.1, 0.15) is 5.56 Å². The van der Waals surface area contributed by atoms with E-state index in [1.807, 2.05) is 35.1 Å². The van der Waals surface area contributed by atoms with Crippen LogP contribution in [0.15, 0.2) is 55.3 Å². The van der Waals surface area contributed by atoms with E-state index in [0.29, 0.717) is 12.5 Å². The standard InChI is InChI=1S/C13H14N2O/c1-2-10-16-13-8-9-15(14-13)11-12-6-4-3-5-7-12/h2-9H,1,10-11H2. The summed E-state index contributed by atoms with van der Waals surface area (Å²) in [7, 11) is 0. The molecule has 1 heterocycles. The number of ether oxygens (including phenoxy) is 1. The molecule has 0 fully saturated rings. The van der Waals surface area contributed by atoms with E-state index in [9.17, 15) is 0 Å². The Morgan fingerprint density at radius 2 is 2.06 bits per heavy atom. The van der Waals surface area contributed by atoms with E-state index in [1.165, 1.54) is 5.56 Å². The van der Waals surface area contributed by atoms with Gasteiger partial charge >= 0.3 is 0 Å². The second-order valence-corrected chi connectivity index (χ2v) is 3.44. The minimum Gasteiger partial charge on any atom is -0.472 e. The van der Waals surface area contributed by atoms with E-state index < -0.39 is 0 Å². The zero-order chi connectivity index (χ0) is 11.2. The maximum absolute atomic E-state index is 5.32. The van der Waals surface area contributed by atoms with Crippen molar-refractivity contribution in [1.29, 1.82) is 0 Å². The van der Waals surface area contributed by atoms with Crippen LogP contribution in [0.2, 0.25) is 0 Å². The number of benzene rings is 1. The number of hydrogen-bond donors (Lipinski definition) is 0. The molecule has 0 bridgehead atoms. The summed E-state index contributed by atoms with van der Waals surface area (Å²) in [6, 6.07) is 12.1. The Hall–Kier alpha value is -2.03. The van der Waals surface area contributed by atoms with Gasteiger partial charge in [-0.2, -0.15) is 0 Å². The first-order valence-corrected chi connectivity index (χ1v) is 5.19. The van der Waals surface area contributed by atoms with Crippen molar-refractivity contribution in [1.82, 2.24) is 9.78 Å². The minimum absolute atomic E-state index is 0.488. The number of nitrogens with zero attached hydrogens (tertiary/aromatic N) is 2. The maximum Gasteiger partial charge on any atom is 0.233 e. The summed E-state index contributed by atoms with van der Waals surface area (Å²) in [5, 5.41) is 4.29.